The van der Waals surface area contributed by atoms with Crippen LogP contribution in [0, 0.1) is 17.3 Å². The minimum atomic E-state index is -1.51. The quantitative estimate of drug-likeness (QED) is 0.127. The largest absolute Gasteiger partial charge is 0.466 e. The summed E-state index contributed by atoms with van der Waals surface area (Å²) in [5.41, 5.74) is -4.52. The molecule has 14 heteroatoms. The summed E-state index contributed by atoms with van der Waals surface area (Å²) in [4.78, 5) is 62.6. The fourth-order valence-electron chi connectivity index (χ4n) is 5.27. The number of aliphatic hydroxyl groups is 1. The Morgan fingerprint density at radius 1 is 0.800 bits per heavy atom. The van der Waals surface area contributed by atoms with Gasteiger partial charge in [0.1, 0.15) is 16.8 Å². The van der Waals surface area contributed by atoms with Gasteiger partial charge in [-0.1, -0.05) is 6.08 Å². The molecule has 1 saturated heterocycles. The number of aliphatic hydroxyl groups excluding tert-OH is 1. The molecule has 2 saturated carbocycles. The number of carbonyl (C=O) groups excluding carboxylic acids is 5. The number of ether oxygens (including phenoxy) is 6. The second-order valence-corrected chi connectivity index (χ2v) is 15.4. The van der Waals surface area contributed by atoms with Crippen LogP contribution in [0.15, 0.2) is 12.7 Å². The van der Waals surface area contributed by atoms with Gasteiger partial charge in [0.25, 0.3) is 0 Å². The van der Waals surface area contributed by atoms with E-state index in [0.29, 0.717) is 13.0 Å². The highest BCUT2D eigenvalue weighted by Crippen LogP contribution is 2.57. The topological polar surface area (TPSA) is 164 Å². The highest BCUT2D eigenvalue weighted by molar-refractivity contribution is 5.99. The Kier molecular flexibility index (Phi) is 18.3. The second kappa shape index (κ2) is 19.5. The van der Waals surface area contributed by atoms with Gasteiger partial charge in [0.15, 0.2) is 5.54 Å². The lowest BCUT2D eigenvalue weighted by Gasteiger charge is -2.33. The molecule has 3 aliphatic rings. The van der Waals surface area contributed by atoms with E-state index in [1.807, 2.05) is 0 Å². The standard InChI is InChI=1S/C18H31NO7.C14H22O4.C4H8O.B/c1-8-24-13(21)18(11-12(18)9-10-20)19(14(22)25-16(2,3)4)15(23)26-17(5,6)7;1-6-10-8-14(10,12(16)17-7-2)9-11(15)18-13(3,4)5;1-2-4-5-3-1;/h12,20H,8-11H2,1-7H3;6,10H,1,7-9H2,2-5H3;1-4H2;/t12-,18-;10-,14-;;/m11../s1. The number of amides is 2. The van der Waals surface area contributed by atoms with Crippen LogP contribution in [0.5, 0.6) is 0 Å². The van der Waals surface area contributed by atoms with Gasteiger partial charge in [0.05, 0.1) is 25.0 Å². The summed E-state index contributed by atoms with van der Waals surface area (Å²) >= 11 is 0. The molecule has 0 unspecified atom stereocenters. The Morgan fingerprint density at radius 2 is 1.26 bits per heavy atom. The summed E-state index contributed by atoms with van der Waals surface area (Å²) in [6.07, 6.45) is 3.46. The van der Waals surface area contributed by atoms with Gasteiger partial charge >= 0.3 is 30.1 Å². The second-order valence-electron chi connectivity index (χ2n) is 15.4. The summed E-state index contributed by atoms with van der Waals surface area (Å²) in [5, 5.41) is 9.25. The van der Waals surface area contributed by atoms with Crippen LogP contribution in [-0.2, 0) is 42.8 Å². The molecule has 1 N–H and O–H groups in total. The molecule has 0 bridgehead atoms. The number of hydrogen-bond acceptors (Lipinski definition) is 12. The number of hydrogen-bond donors (Lipinski definition) is 1. The van der Waals surface area contributed by atoms with Gasteiger partial charge in [0.2, 0.25) is 0 Å². The summed E-state index contributed by atoms with van der Waals surface area (Å²) in [6, 6.07) is 0. The molecule has 2 aliphatic carbocycles. The van der Waals surface area contributed by atoms with Crippen LogP contribution in [0.1, 0.15) is 115 Å². The maximum Gasteiger partial charge on any atom is 0.420 e. The Balaban J connectivity index is 0.000000861. The van der Waals surface area contributed by atoms with E-state index < -0.39 is 51.8 Å². The maximum atomic E-state index is 12.8. The normalized spacial score (nSPS) is 23.5. The fourth-order valence-corrected chi connectivity index (χ4v) is 5.27. The van der Waals surface area contributed by atoms with Gasteiger partial charge in [-0.25, -0.2) is 14.4 Å². The summed E-state index contributed by atoms with van der Waals surface area (Å²) < 4.78 is 31.0. The molecule has 1 heterocycles. The van der Waals surface area contributed by atoms with E-state index >= 15 is 0 Å². The van der Waals surface area contributed by atoms with E-state index in [9.17, 15) is 29.1 Å². The van der Waals surface area contributed by atoms with Crippen molar-refractivity contribution in [1.82, 2.24) is 4.90 Å². The van der Waals surface area contributed by atoms with Crippen LogP contribution in [0.4, 0.5) is 9.59 Å². The first-order valence-corrected chi connectivity index (χ1v) is 17.2. The molecule has 4 atom stereocenters. The predicted octanol–water partition coefficient (Wildman–Crippen LogP) is 5.75. The third kappa shape index (κ3) is 14.6. The lowest BCUT2D eigenvalue weighted by molar-refractivity contribution is -0.163. The van der Waals surface area contributed by atoms with Crippen LogP contribution >= 0.6 is 0 Å². The van der Waals surface area contributed by atoms with Crippen molar-refractivity contribution in [1.29, 1.82) is 0 Å². The average molecular weight is 711 g/mol. The van der Waals surface area contributed by atoms with Gasteiger partial charge in [-0.15, -0.1) is 6.58 Å². The zero-order chi connectivity index (χ0) is 37.8. The van der Waals surface area contributed by atoms with Crippen LogP contribution in [0.25, 0.3) is 0 Å². The Morgan fingerprint density at radius 3 is 1.60 bits per heavy atom. The molecule has 285 valence electrons. The highest BCUT2D eigenvalue weighted by atomic mass is 16.6. The molecule has 0 aromatic carbocycles. The van der Waals surface area contributed by atoms with E-state index in [0.717, 1.165) is 18.1 Å². The number of rotatable bonds is 10. The van der Waals surface area contributed by atoms with Crippen molar-refractivity contribution in [2.24, 2.45) is 17.3 Å². The van der Waals surface area contributed by atoms with E-state index in [4.69, 9.17) is 28.4 Å². The van der Waals surface area contributed by atoms with Crippen LogP contribution in [0.2, 0.25) is 0 Å². The zero-order valence-corrected chi connectivity index (χ0v) is 32.2. The first-order valence-electron chi connectivity index (χ1n) is 17.2. The highest BCUT2D eigenvalue weighted by Gasteiger charge is 2.69. The minimum Gasteiger partial charge on any atom is -0.466 e. The Bertz CT molecular complexity index is 1120. The molecule has 3 radical (unpaired) electrons. The van der Waals surface area contributed by atoms with Gasteiger partial charge < -0.3 is 33.5 Å². The van der Waals surface area contributed by atoms with E-state index in [-0.39, 0.29) is 58.7 Å². The molecule has 3 rings (SSSR count). The molecule has 2 amide bonds. The number of allylic oxidation sites excluding steroid dienone is 1. The van der Waals surface area contributed by atoms with Gasteiger partial charge in [-0.05, 0) is 120 Å². The van der Waals surface area contributed by atoms with Crippen molar-refractivity contribution in [2.75, 3.05) is 33.0 Å². The van der Waals surface area contributed by atoms with Crippen LogP contribution in [-0.4, -0.2) is 104 Å². The number of imide groups is 1. The Hall–Kier alpha value is -3.13. The number of esters is 3. The lowest BCUT2D eigenvalue weighted by Crippen LogP contribution is -2.55. The van der Waals surface area contributed by atoms with Crippen LogP contribution in [0.3, 0.4) is 0 Å². The summed E-state index contributed by atoms with van der Waals surface area (Å²) in [7, 11) is 0. The molecule has 0 aromatic heterocycles. The van der Waals surface area contributed by atoms with Crippen molar-refractivity contribution >= 4 is 38.5 Å². The maximum absolute atomic E-state index is 12.8. The molecule has 3 fully saturated rings. The van der Waals surface area contributed by atoms with Crippen molar-refractivity contribution in [2.45, 2.75) is 137 Å². The van der Waals surface area contributed by atoms with Gasteiger partial charge in [-0.3, -0.25) is 9.59 Å². The average Bonchev–Trinajstić information content (AvgIpc) is 3.72. The van der Waals surface area contributed by atoms with Crippen molar-refractivity contribution in [3.05, 3.63) is 12.7 Å². The lowest BCUT2D eigenvalue weighted by atomic mass is 9.99. The van der Waals surface area contributed by atoms with Gasteiger partial charge in [0, 0.05) is 28.2 Å². The van der Waals surface area contributed by atoms with Crippen molar-refractivity contribution < 1.29 is 57.5 Å². The molecule has 50 heavy (non-hydrogen) atoms. The first-order chi connectivity index (χ1) is 22.5. The smallest absolute Gasteiger partial charge is 0.420 e. The van der Waals surface area contributed by atoms with E-state index in [1.165, 1.54) is 12.8 Å². The SMILES string of the molecule is C1CCOC1.C=C[C@@H]1C[C@]1(CC(=O)OC(C)(C)C)C(=O)OCC.CCOC(=O)[C@@]1(N(C(=O)OC(C)(C)C)C(=O)OC(C)(C)C)C[C@H]1CCO.[B]. The summed E-state index contributed by atoms with van der Waals surface area (Å²) in [5.74, 6) is -1.77. The van der Waals surface area contributed by atoms with E-state index in [1.54, 1.807) is 82.2 Å². The van der Waals surface area contributed by atoms with Gasteiger partial charge in [-0.2, -0.15) is 4.90 Å². The number of carbonyl (C=O) groups is 5. The van der Waals surface area contributed by atoms with Crippen LogP contribution < -0.4 is 0 Å². The van der Waals surface area contributed by atoms with Crippen molar-refractivity contribution in [3.63, 3.8) is 0 Å². The summed E-state index contributed by atoms with van der Waals surface area (Å²) in [6.45, 7) is 24.7. The molecular weight excluding hydrogens is 649 g/mol. The molecule has 13 nitrogen and oxygen atoms in total. The molecule has 1 aliphatic heterocycles. The van der Waals surface area contributed by atoms with Crippen molar-refractivity contribution in [3.8, 4) is 0 Å². The fraction of sp³-hybridized carbons (Fsp3) is 0.806. The minimum absolute atomic E-state index is 0. The third-order valence-corrected chi connectivity index (χ3v) is 7.54. The Labute approximate surface area is 300 Å². The molecule has 0 spiro atoms. The number of nitrogens with zero attached hydrogens (tertiary/aromatic N) is 1. The molecule has 0 aromatic rings. The predicted molar refractivity (Wildman–Crippen MR) is 187 cm³/mol. The van der Waals surface area contributed by atoms with E-state index in [2.05, 4.69) is 6.58 Å². The zero-order valence-electron chi connectivity index (χ0n) is 32.2. The first kappa shape index (κ1) is 46.9. The third-order valence-electron chi connectivity index (χ3n) is 7.54. The molecular formula is C36H61BNO12. The monoisotopic (exact) mass is 710 g/mol.